The summed E-state index contributed by atoms with van der Waals surface area (Å²) in [6.45, 7) is 11.6. The van der Waals surface area contributed by atoms with E-state index in [4.69, 9.17) is 33.2 Å². The molecule has 0 saturated heterocycles. The highest BCUT2D eigenvalue weighted by atomic mass is 16.7. The maximum absolute atomic E-state index is 11.3. The summed E-state index contributed by atoms with van der Waals surface area (Å²) in [6, 6.07) is 7.30. The molecule has 2 N–H and O–H groups in total. The van der Waals surface area contributed by atoms with Crippen LogP contribution in [0.1, 0.15) is 11.9 Å². The molecule has 0 spiro atoms. The number of rotatable bonds is 24. The van der Waals surface area contributed by atoms with Crippen LogP contribution >= 0.6 is 0 Å². The Balaban J connectivity index is 2.39. The van der Waals surface area contributed by atoms with Crippen molar-refractivity contribution in [2.75, 3.05) is 86.3 Å². The molecule has 11 heteroatoms. The summed E-state index contributed by atoms with van der Waals surface area (Å²) in [4.78, 5) is 22.6. The first kappa shape index (κ1) is 32.2. The highest BCUT2D eigenvalue weighted by molar-refractivity contribution is 5.87. The van der Waals surface area contributed by atoms with E-state index >= 15 is 0 Å². The van der Waals surface area contributed by atoms with E-state index in [2.05, 4.69) is 23.8 Å². The first-order valence-corrected chi connectivity index (χ1v) is 12.1. The van der Waals surface area contributed by atoms with E-state index in [1.807, 2.05) is 24.3 Å². The quantitative estimate of drug-likeness (QED) is 0.117. The zero-order valence-corrected chi connectivity index (χ0v) is 21.6. The maximum atomic E-state index is 11.3. The molecule has 208 valence electrons. The molecular formula is C26H40N2O9. The second-order valence-electron chi connectivity index (χ2n) is 7.31. The van der Waals surface area contributed by atoms with Gasteiger partial charge in [0.2, 0.25) is 11.8 Å². The molecule has 0 radical (unpaired) electrons. The van der Waals surface area contributed by atoms with Crippen molar-refractivity contribution in [1.82, 2.24) is 10.6 Å². The molecule has 0 saturated carbocycles. The number of ether oxygens (including phenoxy) is 7. The Morgan fingerprint density at radius 1 is 0.784 bits per heavy atom. The Morgan fingerprint density at radius 3 is 1.81 bits per heavy atom. The van der Waals surface area contributed by atoms with Crippen LogP contribution in [0.25, 0.3) is 0 Å². The summed E-state index contributed by atoms with van der Waals surface area (Å²) in [5, 5.41) is 5.28. The van der Waals surface area contributed by atoms with Crippen LogP contribution in [0.5, 0.6) is 5.75 Å². The number of methoxy groups -OCH3 is 1. The standard InChI is InChI=1S/C26H40N2O9/c1-4-24(29)27-9-11-36-26(37-12-10-28-25(30)5-2)22-7-6-8-23(21-22)35-20-19-34-18-17-33-16-15-32-14-13-31-3/h4-8,21,26H,1-2,9-20H2,3H3,(H,27,29)(H,28,30). The Kier molecular flexibility index (Phi) is 19.5. The topological polar surface area (TPSA) is 123 Å². The Hall–Kier alpha value is -2.80. The first-order chi connectivity index (χ1) is 18.1. The lowest BCUT2D eigenvalue weighted by Crippen LogP contribution is -2.28. The van der Waals surface area contributed by atoms with Crippen molar-refractivity contribution < 1.29 is 42.7 Å². The first-order valence-electron chi connectivity index (χ1n) is 12.1. The number of carbonyl (C=O) groups is 2. The Morgan fingerprint density at radius 2 is 1.30 bits per heavy atom. The van der Waals surface area contributed by atoms with E-state index in [0.29, 0.717) is 58.6 Å². The van der Waals surface area contributed by atoms with Gasteiger partial charge in [0, 0.05) is 25.8 Å². The van der Waals surface area contributed by atoms with Gasteiger partial charge in [-0.15, -0.1) is 0 Å². The predicted molar refractivity (Wildman–Crippen MR) is 137 cm³/mol. The normalized spacial score (nSPS) is 10.8. The number of benzene rings is 1. The van der Waals surface area contributed by atoms with Gasteiger partial charge in [-0.1, -0.05) is 25.3 Å². The van der Waals surface area contributed by atoms with Crippen LogP contribution in [0.15, 0.2) is 49.6 Å². The minimum atomic E-state index is -0.725. The predicted octanol–water partition coefficient (Wildman–Crippen LogP) is 1.40. The fraction of sp³-hybridized carbons (Fsp3) is 0.538. The van der Waals surface area contributed by atoms with Crippen molar-refractivity contribution in [3.05, 3.63) is 55.1 Å². The van der Waals surface area contributed by atoms with Crippen LogP contribution in [0, 0.1) is 0 Å². The van der Waals surface area contributed by atoms with Crippen LogP contribution in [0.2, 0.25) is 0 Å². The van der Waals surface area contributed by atoms with Gasteiger partial charge in [0.15, 0.2) is 6.29 Å². The highest BCUT2D eigenvalue weighted by Gasteiger charge is 2.14. The van der Waals surface area contributed by atoms with Gasteiger partial charge in [-0.2, -0.15) is 0 Å². The second-order valence-corrected chi connectivity index (χ2v) is 7.31. The van der Waals surface area contributed by atoms with E-state index in [1.165, 1.54) is 12.2 Å². The Bertz CT molecular complexity index is 748. The average molecular weight is 525 g/mol. The lowest BCUT2D eigenvalue weighted by molar-refractivity contribution is -0.146. The molecule has 37 heavy (non-hydrogen) atoms. The molecule has 0 aromatic heterocycles. The molecule has 0 atom stereocenters. The summed E-state index contributed by atoms with van der Waals surface area (Å²) in [7, 11) is 1.63. The van der Waals surface area contributed by atoms with Gasteiger partial charge in [0.1, 0.15) is 12.4 Å². The molecule has 2 amide bonds. The smallest absolute Gasteiger partial charge is 0.243 e. The fourth-order valence-electron chi connectivity index (χ4n) is 2.72. The molecule has 0 heterocycles. The molecule has 0 aliphatic carbocycles. The average Bonchev–Trinajstić information content (AvgIpc) is 2.92. The van der Waals surface area contributed by atoms with E-state index in [9.17, 15) is 9.59 Å². The van der Waals surface area contributed by atoms with Crippen molar-refractivity contribution in [3.8, 4) is 5.75 Å². The lowest BCUT2D eigenvalue weighted by atomic mass is 10.2. The maximum Gasteiger partial charge on any atom is 0.243 e. The van der Waals surface area contributed by atoms with E-state index in [0.717, 1.165) is 5.56 Å². The zero-order chi connectivity index (χ0) is 27.0. The third kappa shape index (κ3) is 17.3. The second kappa shape index (κ2) is 22.4. The van der Waals surface area contributed by atoms with E-state index in [1.54, 1.807) is 7.11 Å². The molecule has 1 aromatic carbocycles. The van der Waals surface area contributed by atoms with Gasteiger partial charge >= 0.3 is 0 Å². The molecule has 0 unspecified atom stereocenters. The fourth-order valence-corrected chi connectivity index (χ4v) is 2.72. The Labute approximate surface area is 219 Å². The molecule has 0 fully saturated rings. The monoisotopic (exact) mass is 524 g/mol. The molecular weight excluding hydrogens is 484 g/mol. The van der Waals surface area contributed by atoms with Crippen LogP contribution in [0.4, 0.5) is 0 Å². The number of hydrogen-bond acceptors (Lipinski definition) is 9. The highest BCUT2D eigenvalue weighted by Crippen LogP contribution is 2.23. The summed E-state index contributed by atoms with van der Waals surface area (Å²) in [5.41, 5.74) is 0.727. The molecule has 0 aliphatic heterocycles. The zero-order valence-electron chi connectivity index (χ0n) is 21.6. The third-order valence-corrected chi connectivity index (χ3v) is 4.51. The van der Waals surface area contributed by atoms with Crippen molar-refractivity contribution in [1.29, 1.82) is 0 Å². The summed E-state index contributed by atoms with van der Waals surface area (Å²) >= 11 is 0. The van der Waals surface area contributed by atoms with E-state index in [-0.39, 0.29) is 38.1 Å². The van der Waals surface area contributed by atoms with Crippen molar-refractivity contribution >= 4 is 11.8 Å². The van der Waals surface area contributed by atoms with Gasteiger partial charge < -0.3 is 43.8 Å². The number of amides is 2. The summed E-state index contributed by atoms with van der Waals surface area (Å²) in [5.74, 6) is 0.0522. The minimum absolute atomic E-state index is 0.212. The third-order valence-electron chi connectivity index (χ3n) is 4.51. The summed E-state index contributed by atoms with van der Waals surface area (Å²) < 4.78 is 38.6. The van der Waals surface area contributed by atoms with Crippen molar-refractivity contribution in [3.63, 3.8) is 0 Å². The number of hydrogen-bond donors (Lipinski definition) is 2. The molecule has 1 rings (SSSR count). The number of nitrogens with one attached hydrogen (secondary N) is 2. The van der Waals surface area contributed by atoms with Gasteiger partial charge in [-0.05, 0) is 24.3 Å². The van der Waals surface area contributed by atoms with Gasteiger partial charge in [-0.3, -0.25) is 9.59 Å². The van der Waals surface area contributed by atoms with Crippen molar-refractivity contribution in [2.45, 2.75) is 6.29 Å². The lowest BCUT2D eigenvalue weighted by Gasteiger charge is -2.20. The van der Waals surface area contributed by atoms with Gasteiger partial charge in [-0.25, -0.2) is 0 Å². The molecule has 0 aliphatic rings. The van der Waals surface area contributed by atoms with E-state index < -0.39 is 6.29 Å². The van der Waals surface area contributed by atoms with Crippen LogP contribution in [-0.2, 0) is 38.0 Å². The van der Waals surface area contributed by atoms with Crippen LogP contribution < -0.4 is 15.4 Å². The molecule has 0 bridgehead atoms. The SMILES string of the molecule is C=CC(=O)NCCOC(OCCNC(=O)C=C)c1cccc(OCCOCCOCCOCCOC)c1. The van der Waals surface area contributed by atoms with Crippen LogP contribution in [-0.4, -0.2) is 98.1 Å². The van der Waals surface area contributed by atoms with Crippen LogP contribution in [0.3, 0.4) is 0 Å². The molecule has 11 nitrogen and oxygen atoms in total. The molecule has 1 aromatic rings. The van der Waals surface area contributed by atoms with Gasteiger partial charge in [0.05, 0.1) is 59.5 Å². The number of carbonyl (C=O) groups excluding carboxylic acids is 2. The largest absolute Gasteiger partial charge is 0.491 e. The van der Waals surface area contributed by atoms with Gasteiger partial charge in [0.25, 0.3) is 0 Å². The van der Waals surface area contributed by atoms with Crippen molar-refractivity contribution in [2.24, 2.45) is 0 Å². The summed E-state index contributed by atoms with van der Waals surface area (Å²) in [6.07, 6.45) is 1.65. The minimum Gasteiger partial charge on any atom is -0.491 e.